The topological polar surface area (TPSA) is 28.7 Å². The van der Waals surface area contributed by atoms with Crippen molar-refractivity contribution in [3.05, 3.63) is 28.0 Å². The van der Waals surface area contributed by atoms with E-state index in [1.807, 2.05) is 0 Å². The van der Waals surface area contributed by atoms with Crippen LogP contribution < -0.4 is 0 Å². The summed E-state index contributed by atoms with van der Waals surface area (Å²) in [5.41, 5.74) is 1.34. The van der Waals surface area contributed by atoms with Crippen LogP contribution in [0.4, 0.5) is 13.2 Å². The number of aromatic amines is 1. The molecule has 2 nitrogen and oxygen atoms in total. The maximum absolute atomic E-state index is 12.9. The average Bonchev–Trinajstić information content (AvgIpc) is 2.81. The molecule has 3 rings (SSSR count). The van der Waals surface area contributed by atoms with Crippen LogP contribution >= 0.6 is 23.2 Å². The van der Waals surface area contributed by atoms with Crippen LogP contribution in [0.5, 0.6) is 0 Å². The van der Waals surface area contributed by atoms with E-state index < -0.39 is 12.1 Å². The fourth-order valence-electron chi connectivity index (χ4n) is 2.95. The Bertz CT molecular complexity index is 627. The van der Waals surface area contributed by atoms with Crippen molar-refractivity contribution in [2.75, 3.05) is 0 Å². The van der Waals surface area contributed by atoms with Crippen LogP contribution in [0.2, 0.25) is 10.0 Å². The first kappa shape index (κ1) is 15.0. The number of rotatable bonds is 1. The maximum Gasteiger partial charge on any atom is 0.391 e. The van der Waals surface area contributed by atoms with Crippen LogP contribution in [0, 0.1) is 5.92 Å². The lowest BCUT2D eigenvalue weighted by molar-refractivity contribution is -0.183. The van der Waals surface area contributed by atoms with Gasteiger partial charge in [0.25, 0.3) is 0 Å². The second-order valence-electron chi connectivity index (χ2n) is 5.51. The summed E-state index contributed by atoms with van der Waals surface area (Å²) in [6, 6.07) is 3.28. The number of nitrogens with one attached hydrogen (secondary N) is 1. The molecule has 1 N–H and O–H groups in total. The van der Waals surface area contributed by atoms with Gasteiger partial charge in [-0.15, -0.1) is 0 Å². The molecule has 1 heterocycles. The summed E-state index contributed by atoms with van der Waals surface area (Å²) in [6.45, 7) is 0. The van der Waals surface area contributed by atoms with Crippen molar-refractivity contribution >= 4 is 34.2 Å². The first-order valence-electron chi connectivity index (χ1n) is 6.76. The highest BCUT2D eigenvalue weighted by atomic mass is 35.5. The van der Waals surface area contributed by atoms with Crippen molar-refractivity contribution in [3.8, 4) is 0 Å². The Morgan fingerprint density at radius 1 is 1.14 bits per heavy atom. The van der Waals surface area contributed by atoms with Crippen LogP contribution in [-0.4, -0.2) is 16.1 Å². The third kappa shape index (κ3) is 2.99. The van der Waals surface area contributed by atoms with Crippen molar-refractivity contribution < 1.29 is 13.2 Å². The SMILES string of the molecule is FC(F)(F)C1CCCC(c2nc3cc(Cl)c(Cl)cc3[nH]2)C1. The Kier molecular flexibility index (Phi) is 3.82. The van der Waals surface area contributed by atoms with Crippen molar-refractivity contribution in [1.29, 1.82) is 0 Å². The summed E-state index contributed by atoms with van der Waals surface area (Å²) in [5.74, 6) is -0.843. The molecule has 0 radical (unpaired) electrons. The van der Waals surface area contributed by atoms with E-state index in [0.717, 1.165) is 0 Å². The van der Waals surface area contributed by atoms with E-state index in [0.29, 0.717) is 39.7 Å². The quantitative estimate of drug-likeness (QED) is 0.710. The maximum atomic E-state index is 12.9. The minimum absolute atomic E-state index is 0.0881. The van der Waals surface area contributed by atoms with Gasteiger partial charge in [0.2, 0.25) is 0 Å². The number of nitrogens with zero attached hydrogens (tertiary/aromatic N) is 1. The zero-order valence-corrected chi connectivity index (χ0v) is 12.5. The Hall–Kier alpha value is -0.940. The molecule has 1 saturated carbocycles. The molecule has 0 bridgehead atoms. The van der Waals surface area contributed by atoms with Gasteiger partial charge in [-0.3, -0.25) is 0 Å². The van der Waals surface area contributed by atoms with Gasteiger partial charge in [0.05, 0.1) is 27.0 Å². The zero-order valence-electron chi connectivity index (χ0n) is 11.0. The van der Waals surface area contributed by atoms with E-state index in [-0.39, 0.29) is 18.8 Å². The van der Waals surface area contributed by atoms with Gasteiger partial charge in [0.15, 0.2) is 0 Å². The molecule has 0 saturated heterocycles. The molecule has 7 heteroatoms. The summed E-state index contributed by atoms with van der Waals surface area (Å²) in [5, 5.41) is 0.787. The highest BCUT2D eigenvalue weighted by molar-refractivity contribution is 6.42. The molecular weight excluding hydrogens is 324 g/mol. The Morgan fingerprint density at radius 2 is 1.86 bits per heavy atom. The molecule has 0 amide bonds. The molecule has 0 spiro atoms. The lowest BCUT2D eigenvalue weighted by Crippen LogP contribution is -2.28. The van der Waals surface area contributed by atoms with Crippen LogP contribution in [0.3, 0.4) is 0 Å². The molecular formula is C14H13Cl2F3N2. The van der Waals surface area contributed by atoms with E-state index in [9.17, 15) is 13.2 Å². The molecule has 1 aliphatic rings. The van der Waals surface area contributed by atoms with Gasteiger partial charge in [-0.05, 0) is 31.4 Å². The van der Waals surface area contributed by atoms with Gasteiger partial charge in [-0.1, -0.05) is 29.6 Å². The Morgan fingerprint density at radius 3 is 2.57 bits per heavy atom. The van der Waals surface area contributed by atoms with Crippen molar-refractivity contribution in [2.24, 2.45) is 5.92 Å². The standard InChI is InChI=1S/C14H13Cl2F3N2/c15-9-5-11-12(6-10(9)16)21-13(20-11)7-2-1-3-8(4-7)14(17,18)19/h5-8H,1-4H2,(H,20,21). The highest BCUT2D eigenvalue weighted by Crippen LogP contribution is 2.43. The minimum atomic E-state index is -4.13. The monoisotopic (exact) mass is 336 g/mol. The molecule has 114 valence electrons. The molecule has 2 aromatic rings. The first-order valence-corrected chi connectivity index (χ1v) is 7.51. The van der Waals surface area contributed by atoms with Crippen molar-refractivity contribution in [2.45, 2.75) is 37.8 Å². The van der Waals surface area contributed by atoms with Gasteiger partial charge in [0, 0.05) is 5.92 Å². The first-order chi connectivity index (χ1) is 9.84. The summed E-state index contributed by atoms with van der Waals surface area (Å²) < 4.78 is 38.6. The largest absolute Gasteiger partial charge is 0.391 e. The molecule has 1 aromatic carbocycles. The number of hydrogen-bond acceptors (Lipinski definition) is 1. The summed E-state index contributed by atoms with van der Waals surface area (Å²) in [7, 11) is 0. The molecule has 1 aromatic heterocycles. The van der Waals surface area contributed by atoms with Gasteiger partial charge >= 0.3 is 6.18 Å². The summed E-state index contributed by atoms with van der Waals surface area (Å²) >= 11 is 11.9. The van der Waals surface area contributed by atoms with Crippen LogP contribution in [-0.2, 0) is 0 Å². The number of halogens is 5. The normalized spacial score (nSPS) is 23.7. The molecule has 2 unspecified atom stereocenters. The van der Waals surface area contributed by atoms with Gasteiger partial charge in [-0.2, -0.15) is 13.2 Å². The molecule has 2 atom stereocenters. The van der Waals surface area contributed by atoms with Crippen LogP contribution in [0.15, 0.2) is 12.1 Å². The summed E-state index contributed by atoms with van der Waals surface area (Å²) in [4.78, 5) is 7.47. The van der Waals surface area contributed by atoms with E-state index in [4.69, 9.17) is 23.2 Å². The van der Waals surface area contributed by atoms with Crippen LogP contribution in [0.25, 0.3) is 11.0 Å². The lowest BCUT2D eigenvalue weighted by Gasteiger charge is -2.29. The van der Waals surface area contributed by atoms with E-state index >= 15 is 0 Å². The fraction of sp³-hybridized carbons (Fsp3) is 0.500. The number of alkyl halides is 3. The molecule has 1 fully saturated rings. The van der Waals surface area contributed by atoms with Crippen molar-refractivity contribution in [3.63, 3.8) is 0 Å². The average molecular weight is 337 g/mol. The predicted molar refractivity (Wildman–Crippen MR) is 76.9 cm³/mol. The van der Waals surface area contributed by atoms with Gasteiger partial charge in [0.1, 0.15) is 5.82 Å². The molecule has 0 aliphatic heterocycles. The second kappa shape index (κ2) is 5.36. The number of benzene rings is 1. The highest BCUT2D eigenvalue weighted by Gasteiger charge is 2.42. The Labute approximate surface area is 129 Å². The number of H-pyrrole nitrogens is 1. The van der Waals surface area contributed by atoms with E-state index in [2.05, 4.69) is 9.97 Å². The Balaban J connectivity index is 1.89. The predicted octanol–water partition coefficient (Wildman–Crippen LogP) is 5.71. The zero-order chi connectivity index (χ0) is 15.2. The lowest BCUT2D eigenvalue weighted by atomic mass is 9.80. The molecule has 21 heavy (non-hydrogen) atoms. The van der Waals surface area contributed by atoms with Crippen LogP contribution in [0.1, 0.15) is 37.4 Å². The second-order valence-corrected chi connectivity index (χ2v) is 6.32. The molecule has 1 aliphatic carbocycles. The third-order valence-corrected chi connectivity index (χ3v) is 4.79. The summed E-state index contributed by atoms with van der Waals surface area (Å²) in [6.07, 6.45) is -2.55. The number of fused-ring (bicyclic) bond motifs is 1. The number of imidazole rings is 1. The van der Waals surface area contributed by atoms with E-state index in [1.54, 1.807) is 12.1 Å². The third-order valence-electron chi connectivity index (χ3n) is 4.07. The smallest absolute Gasteiger partial charge is 0.342 e. The minimum Gasteiger partial charge on any atom is -0.342 e. The van der Waals surface area contributed by atoms with Gasteiger partial charge in [-0.25, -0.2) is 4.98 Å². The number of aromatic nitrogens is 2. The van der Waals surface area contributed by atoms with Crippen molar-refractivity contribution in [1.82, 2.24) is 9.97 Å². The fourth-order valence-corrected chi connectivity index (χ4v) is 3.28. The van der Waals surface area contributed by atoms with E-state index in [1.165, 1.54) is 0 Å². The number of hydrogen-bond donors (Lipinski definition) is 1. The van der Waals surface area contributed by atoms with Gasteiger partial charge < -0.3 is 4.98 Å².